The van der Waals surface area contributed by atoms with E-state index in [4.69, 9.17) is 5.11 Å². The van der Waals surface area contributed by atoms with Gasteiger partial charge in [0.2, 0.25) is 0 Å². The van der Waals surface area contributed by atoms with Gasteiger partial charge in [-0.15, -0.1) is 0 Å². The number of carbonyl (C=O) groups excluding carboxylic acids is 1. The number of aliphatic hydroxyl groups is 2. The van der Waals surface area contributed by atoms with E-state index in [9.17, 15) is 23.1 Å². The molecule has 0 aliphatic rings. The second-order valence-corrected chi connectivity index (χ2v) is 4.39. The summed E-state index contributed by atoms with van der Waals surface area (Å²) in [4.78, 5) is 13.2. The zero-order valence-electron chi connectivity index (χ0n) is 11.5. The Hall–Kier alpha value is -1.54. The maximum Gasteiger partial charge on any atom is 0.420 e. The fraction of sp³-hybridized carbons (Fsp3) is 0.583. The van der Waals surface area contributed by atoms with Crippen LogP contribution in [-0.2, 0) is 4.79 Å². The van der Waals surface area contributed by atoms with Gasteiger partial charge in [-0.05, 0) is 20.2 Å². The minimum absolute atomic E-state index is 0.239. The number of likely N-dealkylation sites (N-methyl/N-ethyl adjacent to an activating group) is 2. The van der Waals surface area contributed by atoms with Crippen molar-refractivity contribution in [3.05, 3.63) is 23.6 Å². The molecule has 0 saturated heterocycles. The maximum absolute atomic E-state index is 12.3. The van der Waals surface area contributed by atoms with Crippen molar-refractivity contribution in [3.8, 4) is 0 Å². The van der Waals surface area contributed by atoms with Crippen LogP contribution < -0.4 is 5.32 Å². The number of rotatable bonds is 7. The van der Waals surface area contributed by atoms with Crippen molar-refractivity contribution in [1.29, 1.82) is 0 Å². The van der Waals surface area contributed by atoms with Gasteiger partial charge in [0.25, 0.3) is 0 Å². The summed E-state index contributed by atoms with van der Waals surface area (Å²) in [5.74, 6) is -0.984. The van der Waals surface area contributed by atoms with E-state index in [1.807, 2.05) is 0 Å². The number of alkyl halides is 3. The molecule has 0 rings (SSSR count). The first-order valence-corrected chi connectivity index (χ1v) is 5.77. The number of nitrogens with one attached hydrogen (secondary N) is 1. The molecule has 0 aliphatic heterocycles. The third-order valence-corrected chi connectivity index (χ3v) is 2.26. The fourth-order valence-corrected chi connectivity index (χ4v) is 1.23. The van der Waals surface area contributed by atoms with Crippen LogP contribution in [0.1, 0.15) is 6.42 Å². The standard InChI is InChI=1S/C12H19F3N2O3/c1-16-10(11(20)12(13,14)15)7-9(19)6-8(18)4-5-17(2)3/h4,7,11,16,18,20H,5-6H2,1-3H3/b8-4-,10-7-. The molecule has 8 heteroatoms. The molecule has 0 amide bonds. The largest absolute Gasteiger partial charge is 0.512 e. The van der Waals surface area contributed by atoms with Crippen LogP contribution >= 0.6 is 0 Å². The van der Waals surface area contributed by atoms with E-state index in [1.165, 1.54) is 6.08 Å². The van der Waals surface area contributed by atoms with Gasteiger partial charge in [0.15, 0.2) is 11.9 Å². The van der Waals surface area contributed by atoms with Crippen LogP contribution in [0, 0.1) is 0 Å². The summed E-state index contributed by atoms with van der Waals surface area (Å²) in [5.41, 5.74) is -0.664. The average Bonchev–Trinajstić information content (AvgIpc) is 2.31. The Balaban J connectivity index is 4.77. The molecule has 1 atom stereocenters. The van der Waals surface area contributed by atoms with Crippen molar-refractivity contribution >= 4 is 5.78 Å². The summed E-state index contributed by atoms with van der Waals surface area (Å²) in [6.45, 7) is 0.396. The van der Waals surface area contributed by atoms with Crippen LogP contribution in [0.3, 0.4) is 0 Å². The molecular formula is C12H19F3N2O3. The van der Waals surface area contributed by atoms with Crippen molar-refractivity contribution < 1.29 is 28.2 Å². The van der Waals surface area contributed by atoms with Gasteiger partial charge in [0.1, 0.15) is 0 Å². The highest BCUT2D eigenvalue weighted by atomic mass is 19.4. The predicted molar refractivity (Wildman–Crippen MR) is 68.1 cm³/mol. The summed E-state index contributed by atoms with van der Waals surface area (Å²) >= 11 is 0. The number of nitrogens with zero attached hydrogens (tertiary/aromatic N) is 1. The third-order valence-electron chi connectivity index (χ3n) is 2.26. The molecule has 0 spiro atoms. The molecule has 20 heavy (non-hydrogen) atoms. The highest BCUT2D eigenvalue weighted by molar-refractivity contribution is 5.91. The predicted octanol–water partition coefficient (Wildman–Crippen LogP) is 0.976. The molecule has 0 saturated carbocycles. The lowest BCUT2D eigenvalue weighted by Crippen LogP contribution is -2.35. The van der Waals surface area contributed by atoms with Crippen molar-refractivity contribution in [2.75, 3.05) is 27.7 Å². The van der Waals surface area contributed by atoms with Crippen LogP contribution in [0.4, 0.5) is 13.2 Å². The van der Waals surface area contributed by atoms with Gasteiger partial charge in [-0.1, -0.05) is 0 Å². The number of hydrogen-bond donors (Lipinski definition) is 3. The smallest absolute Gasteiger partial charge is 0.420 e. The zero-order valence-corrected chi connectivity index (χ0v) is 11.5. The number of ketones is 1. The highest BCUT2D eigenvalue weighted by Crippen LogP contribution is 2.24. The summed E-state index contributed by atoms with van der Waals surface area (Å²) in [6, 6.07) is 0. The Labute approximate surface area is 115 Å². The summed E-state index contributed by atoms with van der Waals surface area (Å²) in [6.07, 6.45) is -6.03. The lowest BCUT2D eigenvalue weighted by atomic mass is 10.1. The first-order valence-electron chi connectivity index (χ1n) is 5.77. The Morgan fingerprint density at radius 1 is 1.40 bits per heavy atom. The van der Waals surface area contributed by atoms with Gasteiger partial charge in [-0.3, -0.25) is 4.79 Å². The number of aliphatic hydroxyl groups excluding tert-OH is 2. The van der Waals surface area contributed by atoms with Gasteiger partial charge >= 0.3 is 6.18 Å². The van der Waals surface area contributed by atoms with Gasteiger partial charge in [0.05, 0.1) is 17.9 Å². The van der Waals surface area contributed by atoms with Crippen LogP contribution in [0.15, 0.2) is 23.6 Å². The summed E-state index contributed by atoms with van der Waals surface area (Å²) in [5, 5.41) is 20.6. The number of hydrogen-bond acceptors (Lipinski definition) is 5. The zero-order chi connectivity index (χ0) is 15.9. The SMILES string of the molecule is CN/C(=C\C(=O)C/C(O)=C/CN(C)C)C(O)C(F)(F)F. The Morgan fingerprint density at radius 3 is 2.35 bits per heavy atom. The van der Waals surface area contributed by atoms with E-state index in [2.05, 4.69) is 5.32 Å². The fourth-order valence-electron chi connectivity index (χ4n) is 1.23. The molecule has 0 aromatic heterocycles. The Morgan fingerprint density at radius 2 is 1.95 bits per heavy atom. The highest BCUT2D eigenvalue weighted by Gasteiger charge is 2.40. The molecular weight excluding hydrogens is 277 g/mol. The third kappa shape index (κ3) is 7.15. The van der Waals surface area contributed by atoms with Crippen LogP contribution in [0.2, 0.25) is 0 Å². The Bertz CT molecular complexity index is 390. The molecule has 0 bridgehead atoms. The molecule has 0 fully saturated rings. The monoisotopic (exact) mass is 296 g/mol. The van der Waals surface area contributed by atoms with Gasteiger partial charge in [0, 0.05) is 19.7 Å². The van der Waals surface area contributed by atoms with E-state index in [0.29, 0.717) is 12.6 Å². The van der Waals surface area contributed by atoms with Gasteiger partial charge in [-0.25, -0.2) is 0 Å². The lowest BCUT2D eigenvalue weighted by Gasteiger charge is -2.17. The quantitative estimate of drug-likeness (QED) is 0.482. The second-order valence-electron chi connectivity index (χ2n) is 4.39. The summed E-state index contributed by atoms with van der Waals surface area (Å²) in [7, 11) is 4.67. The molecule has 0 aromatic rings. The van der Waals surface area contributed by atoms with E-state index >= 15 is 0 Å². The van der Waals surface area contributed by atoms with Crippen LogP contribution in [0.5, 0.6) is 0 Å². The van der Waals surface area contributed by atoms with E-state index in [0.717, 1.165) is 7.05 Å². The molecule has 1 unspecified atom stereocenters. The lowest BCUT2D eigenvalue weighted by molar-refractivity contribution is -0.192. The van der Waals surface area contributed by atoms with E-state index < -0.39 is 30.2 Å². The van der Waals surface area contributed by atoms with Crippen molar-refractivity contribution in [3.63, 3.8) is 0 Å². The normalized spacial score (nSPS) is 15.4. The molecule has 5 nitrogen and oxygen atoms in total. The van der Waals surface area contributed by atoms with Crippen molar-refractivity contribution in [1.82, 2.24) is 10.2 Å². The van der Waals surface area contributed by atoms with E-state index in [-0.39, 0.29) is 5.76 Å². The first kappa shape index (κ1) is 18.5. The van der Waals surface area contributed by atoms with Crippen molar-refractivity contribution in [2.45, 2.75) is 18.7 Å². The molecule has 0 radical (unpaired) electrons. The van der Waals surface area contributed by atoms with Crippen LogP contribution in [-0.4, -0.2) is 60.9 Å². The molecule has 0 heterocycles. The minimum atomic E-state index is -4.86. The minimum Gasteiger partial charge on any atom is -0.512 e. The van der Waals surface area contributed by atoms with Gasteiger partial charge < -0.3 is 20.4 Å². The maximum atomic E-state index is 12.3. The molecule has 0 aromatic carbocycles. The average molecular weight is 296 g/mol. The van der Waals surface area contributed by atoms with Gasteiger partial charge in [-0.2, -0.15) is 13.2 Å². The molecule has 116 valence electrons. The number of carbonyl (C=O) groups is 1. The first-order chi connectivity index (χ1) is 9.07. The second kappa shape index (κ2) is 7.91. The topological polar surface area (TPSA) is 72.8 Å². The molecule has 3 N–H and O–H groups in total. The van der Waals surface area contributed by atoms with Crippen LogP contribution in [0.25, 0.3) is 0 Å². The van der Waals surface area contributed by atoms with E-state index in [1.54, 1.807) is 19.0 Å². The number of halogens is 3. The summed E-state index contributed by atoms with van der Waals surface area (Å²) < 4.78 is 36.9. The molecule has 0 aliphatic carbocycles. The number of allylic oxidation sites excluding steroid dienone is 2. The Kier molecular flexibility index (Phi) is 7.30. The van der Waals surface area contributed by atoms with Crippen molar-refractivity contribution in [2.24, 2.45) is 0 Å².